The third kappa shape index (κ3) is 6.95. The number of hydrogen-bond donors (Lipinski definition) is 4. The lowest BCUT2D eigenvalue weighted by Gasteiger charge is -2.25. The van der Waals surface area contributed by atoms with Crippen LogP contribution in [0.1, 0.15) is 15.3 Å². The summed E-state index contributed by atoms with van der Waals surface area (Å²) in [5.41, 5.74) is 1.41. The van der Waals surface area contributed by atoms with Gasteiger partial charge in [0.15, 0.2) is 15.7 Å². The Balaban J connectivity index is 0.00000441. The number of carbonyl (C=O) groups excluding carboxylic acids is 2. The molecular weight excluding hydrogens is 566 g/mol. The van der Waals surface area contributed by atoms with E-state index >= 15 is 0 Å². The van der Waals surface area contributed by atoms with Gasteiger partial charge in [0.1, 0.15) is 15.0 Å². The minimum absolute atomic E-state index is 0. The number of amides is 2. The van der Waals surface area contributed by atoms with Crippen LogP contribution in [0.15, 0.2) is 40.1 Å². The Hall–Kier alpha value is -3.46. The molecule has 0 unspecified atom stereocenters. The highest BCUT2D eigenvalue weighted by atomic mass is 35.5. The van der Waals surface area contributed by atoms with Gasteiger partial charge in [0.2, 0.25) is 17.8 Å². The van der Waals surface area contributed by atoms with Gasteiger partial charge in [-0.2, -0.15) is 4.98 Å². The van der Waals surface area contributed by atoms with Gasteiger partial charge >= 0.3 is 0 Å². The summed E-state index contributed by atoms with van der Waals surface area (Å²) >= 11 is 7.42. The molecule has 1 saturated heterocycles. The molecule has 4 rings (SSSR count). The normalized spacial score (nSPS) is 14.1. The molecule has 15 heteroatoms. The number of carbonyl (C=O) groups is 2. The first-order chi connectivity index (χ1) is 18.6. The lowest BCUT2D eigenvalue weighted by molar-refractivity contribution is -0.125. The summed E-state index contributed by atoms with van der Waals surface area (Å²) in [5.74, 6) is 0.467. The molecule has 4 N–H and O–H groups in total. The predicted molar refractivity (Wildman–Crippen MR) is 153 cm³/mol. The van der Waals surface area contributed by atoms with Crippen molar-refractivity contribution in [3.8, 4) is 5.75 Å². The van der Waals surface area contributed by atoms with Crippen molar-refractivity contribution in [2.45, 2.75) is 23.3 Å². The van der Waals surface area contributed by atoms with Gasteiger partial charge in [-0.3, -0.25) is 14.5 Å². The van der Waals surface area contributed by atoms with E-state index in [-0.39, 0.29) is 47.3 Å². The number of halogens is 1. The Morgan fingerprint density at radius 1 is 1.28 bits per heavy atom. The van der Waals surface area contributed by atoms with Crippen LogP contribution in [0.25, 0.3) is 0 Å². The molecule has 2 amide bonds. The van der Waals surface area contributed by atoms with Gasteiger partial charge in [0, 0.05) is 26.3 Å². The van der Waals surface area contributed by atoms with Crippen LogP contribution in [0.2, 0.25) is 5.02 Å². The summed E-state index contributed by atoms with van der Waals surface area (Å²) in [7, 11) is -2.01. The Labute approximate surface area is 236 Å². The van der Waals surface area contributed by atoms with Gasteiger partial charge in [-0.25, -0.2) is 13.4 Å². The molecule has 12 nitrogen and oxygen atoms in total. The van der Waals surface area contributed by atoms with Crippen LogP contribution in [0.4, 0.5) is 28.8 Å². The fraction of sp³-hybridized carbons (Fsp3) is 0.333. The maximum Gasteiger partial charge on any atom is 0.238 e. The second-order valence-electron chi connectivity index (χ2n) is 8.88. The van der Waals surface area contributed by atoms with E-state index in [0.29, 0.717) is 35.9 Å². The zero-order valence-electron chi connectivity index (χ0n) is 21.4. The van der Waals surface area contributed by atoms with Gasteiger partial charge in [0.05, 0.1) is 43.0 Å². The molecule has 2 aromatic heterocycles. The van der Waals surface area contributed by atoms with E-state index in [9.17, 15) is 18.0 Å². The van der Waals surface area contributed by atoms with Gasteiger partial charge in [0.25, 0.3) is 0 Å². The van der Waals surface area contributed by atoms with Crippen LogP contribution < -0.4 is 26.0 Å². The van der Waals surface area contributed by atoms with Gasteiger partial charge < -0.3 is 26.0 Å². The number of anilines is 5. The summed E-state index contributed by atoms with van der Waals surface area (Å²) in [6, 6.07) is 6.68. The molecule has 0 bridgehead atoms. The number of methoxy groups -OCH3 is 1. The van der Waals surface area contributed by atoms with E-state index in [0.717, 1.165) is 11.3 Å². The maximum atomic E-state index is 12.7. The van der Waals surface area contributed by atoms with Crippen molar-refractivity contribution in [2.75, 3.05) is 49.2 Å². The first kappa shape index (κ1) is 28.5. The first-order valence-electron chi connectivity index (χ1n) is 11.9. The smallest absolute Gasteiger partial charge is 0.238 e. The molecule has 39 heavy (non-hydrogen) atoms. The van der Waals surface area contributed by atoms with E-state index in [4.69, 9.17) is 16.3 Å². The number of thiophene rings is 1. The van der Waals surface area contributed by atoms with Gasteiger partial charge in [-0.05, 0) is 37.4 Å². The highest BCUT2D eigenvalue weighted by Gasteiger charge is 2.25. The quantitative estimate of drug-likeness (QED) is 0.274. The highest BCUT2D eigenvalue weighted by Crippen LogP contribution is 2.35. The molecule has 1 fully saturated rings. The topological polar surface area (TPSA) is 155 Å². The molecule has 0 saturated carbocycles. The van der Waals surface area contributed by atoms with Crippen LogP contribution in [0.3, 0.4) is 0 Å². The number of rotatable bonds is 10. The average Bonchev–Trinajstić information content (AvgIpc) is 3.36. The van der Waals surface area contributed by atoms with E-state index in [1.807, 2.05) is 0 Å². The van der Waals surface area contributed by atoms with Crippen LogP contribution in [0, 0.1) is 0 Å². The van der Waals surface area contributed by atoms with Gasteiger partial charge in [-0.1, -0.05) is 11.6 Å². The molecule has 0 atom stereocenters. The zero-order chi connectivity index (χ0) is 28.2. The molecule has 210 valence electrons. The summed E-state index contributed by atoms with van der Waals surface area (Å²) < 4.78 is 31.1. The minimum Gasteiger partial charge on any atom is -0.494 e. The van der Waals surface area contributed by atoms with E-state index in [1.165, 1.54) is 13.3 Å². The number of nitrogens with one attached hydrogen (secondary N) is 4. The molecule has 3 aromatic rings. The first-order valence-corrected chi connectivity index (χ1v) is 14.7. The zero-order valence-corrected chi connectivity index (χ0v) is 23.8. The Kier molecular flexibility index (Phi) is 8.90. The van der Waals surface area contributed by atoms with Crippen molar-refractivity contribution in [1.29, 1.82) is 0 Å². The summed E-state index contributed by atoms with van der Waals surface area (Å²) in [6.07, 6.45) is 1.39. The van der Waals surface area contributed by atoms with Crippen molar-refractivity contribution in [2.24, 2.45) is 0 Å². The van der Waals surface area contributed by atoms with Crippen molar-refractivity contribution >= 4 is 73.4 Å². The van der Waals surface area contributed by atoms with Crippen molar-refractivity contribution < 1.29 is 24.2 Å². The third-order valence-corrected chi connectivity index (χ3v) is 9.67. The third-order valence-electron chi connectivity index (χ3n) is 5.72. The fourth-order valence-electron chi connectivity index (χ4n) is 3.69. The molecule has 3 heterocycles. The largest absolute Gasteiger partial charge is 0.494 e. The van der Waals surface area contributed by atoms with Crippen molar-refractivity contribution in [3.05, 3.63) is 40.9 Å². The Morgan fingerprint density at radius 2 is 2.08 bits per heavy atom. The highest BCUT2D eigenvalue weighted by molar-refractivity contribution is 7.94. The fourth-order valence-corrected chi connectivity index (χ4v) is 6.53. The second kappa shape index (κ2) is 12.2. The Morgan fingerprint density at radius 3 is 2.79 bits per heavy atom. The monoisotopic (exact) mass is 595 g/mol. The molecule has 1 aliphatic rings. The number of benzene rings is 1. The van der Waals surface area contributed by atoms with E-state index < -0.39 is 15.1 Å². The molecular formula is C24H30ClN7O5S2. The van der Waals surface area contributed by atoms with E-state index in [1.54, 1.807) is 48.4 Å². The molecule has 1 aliphatic heterocycles. The number of ether oxygens (including phenoxy) is 1. The molecule has 1 aromatic carbocycles. The summed E-state index contributed by atoms with van der Waals surface area (Å²) in [4.78, 5) is 34.4. The van der Waals surface area contributed by atoms with Crippen LogP contribution in [-0.4, -0.2) is 73.6 Å². The number of hydrogen-bond acceptors (Lipinski definition) is 11. The predicted octanol–water partition coefficient (Wildman–Crippen LogP) is 3.49. The number of nitrogens with zero attached hydrogens (tertiary/aromatic N) is 3. The standard InChI is InChI=1S/C24H28ClN7O5S2.H2/c1-14(2)39(35,36)23-18(6-9-38-23)29-22-16(25)11-27-24(31-22)30-17-5-4-15(10-19(17)37-3)28-21(34)13-32-8-7-26-20(33)12-32;/h4-6,9-11,14H,7-8,12-13H2,1-3H3,(H,26,33)(H,28,34)(H2,27,29,30,31);1H. The van der Waals surface area contributed by atoms with Crippen molar-refractivity contribution in [1.82, 2.24) is 20.2 Å². The molecule has 0 aliphatic carbocycles. The summed E-state index contributed by atoms with van der Waals surface area (Å²) in [6.45, 7) is 4.63. The van der Waals surface area contributed by atoms with Crippen LogP contribution in [-0.2, 0) is 19.4 Å². The SMILES string of the molecule is COc1cc(NC(=O)CN2CCNC(=O)C2)ccc1Nc1ncc(Cl)c(Nc2ccsc2S(=O)(=O)C(C)C)n1.[HH]. The van der Waals surface area contributed by atoms with Gasteiger partial charge in [-0.15, -0.1) is 11.3 Å². The van der Waals surface area contributed by atoms with Crippen molar-refractivity contribution in [3.63, 3.8) is 0 Å². The lowest BCUT2D eigenvalue weighted by Crippen LogP contribution is -2.49. The lowest BCUT2D eigenvalue weighted by atomic mass is 10.2. The second-order valence-corrected chi connectivity index (χ2v) is 12.9. The average molecular weight is 596 g/mol. The number of aromatic nitrogens is 2. The van der Waals surface area contributed by atoms with E-state index in [2.05, 4.69) is 31.2 Å². The molecule has 0 radical (unpaired) electrons. The molecule has 0 spiro atoms. The summed E-state index contributed by atoms with van der Waals surface area (Å²) in [5, 5.41) is 12.9. The van der Waals surface area contributed by atoms with Crippen LogP contribution in [0.5, 0.6) is 5.75 Å². The van der Waals surface area contributed by atoms with Crippen LogP contribution >= 0.6 is 22.9 Å². The minimum atomic E-state index is -3.50. The maximum absolute atomic E-state index is 12.7. The Bertz CT molecular complexity index is 1490. The number of sulfone groups is 1. The number of piperazine rings is 1.